The Kier molecular flexibility index (Phi) is 3.54. The number of benzene rings is 1. The van der Waals surface area contributed by atoms with Crippen molar-refractivity contribution >= 4 is 27.4 Å². The van der Waals surface area contributed by atoms with Crippen molar-refractivity contribution in [2.24, 2.45) is 5.92 Å². The largest absolute Gasteiger partial charge is 0.481 e. The van der Waals surface area contributed by atoms with E-state index in [1.807, 2.05) is 0 Å². The summed E-state index contributed by atoms with van der Waals surface area (Å²) in [6, 6.07) is 5.47. The van der Waals surface area contributed by atoms with Gasteiger partial charge in [0.05, 0.1) is 11.5 Å². The Balaban J connectivity index is 2.43. The summed E-state index contributed by atoms with van der Waals surface area (Å²) in [6.07, 6.45) is -4.15. The first-order valence-corrected chi connectivity index (χ1v) is 6.42. The van der Waals surface area contributed by atoms with Crippen molar-refractivity contribution in [1.82, 2.24) is 0 Å². The highest BCUT2D eigenvalue weighted by Gasteiger charge is 2.32. The quantitative estimate of drug-likeness (QED) is 0.919. The molecule has 0 bridgehead atoms. The lowest BCUT2D eigenvalue weighted by Gasteiger charge is -2.07. The van der Waals surface area contributed by atoms with Crippen LogP contribution in [0, 0.1) is 5.92 Å². The van der Waals surface area contributed by atoms with Crippen molar-refractivity contribution in [1.29, 1.82) is 0 Å². The second kappa shape index (κ2) is 4.85. The second-order valence-electron chi connectivity index (χ2n) is 4.37. The van der Waals surface area contributed by atoms with Crippen molar-refractivity contribution in [3.63, 3.8) is 0 Å². The van der Waals surface area contributed by atoms with Crippen LogP contribution in [0.1, 0.15) is 17.4 Å². The average molecular weight is 288 g/mol. The van der Waals surface area contributed by atoms with Crippen LogP contribution in [0.3, 0.4) is 0 Å². The molecule has 0 amide bonds. The second-order valence-corrected chi connectivity index (χ2v) is 5.54. The molecule has 1 N–H and O–H groups in total. The molecular weight excluding hydrogens is 277 g/mol. The summed E-state index contributed by atoms with van der Waals surface area (Å²) in [5.74, 6) is -1.56. The third kappa shape index (κ3) is 2.89. The van der Waals surface area contributed by atoms with E-state index in [1.165, 1.54) is 30.4 Å². The zero-order chi connectivity index (χ0) is 14.2. The summed E-state index contributed by atoms with van der Waals surface area (Å²) in [6.45, 7) is 1.54. The molecule has 19 heavy (non-hydrogen) atoms. The van der Waals surface area contributed by atoms with Crippen molar-refractivity contribution in [2.75, 3.05) is 0 Å². The molecule has 0 fully saturated rings. The van der Waals surface area contributed by atoms with Crippen LogP contribution in [-0.2, 0) is 17.4 Å². The van der Waals surface area contributed by atoms with E-state index in [-0.39, 0.29) is 11.8 Å². The van der Waals surface area contributed by atoms with Gasteiger partial charge in [0.1, 0.15) is 0 Å². The number of fused-ring (bicyclic) bond motifs is 1. The van der Waals surface area contributed by atoms with Crippen molar-refractivity contribution in [3.05, 3.63) is 34.7 Å². The van der Waals surface area contributed by atoms with E-state index in [9.17, 15) is 18.0 Å². The number of carboxylic acids is 1. The SMILES string of the molecule is CC(Cc1cc2c(C(F)(F)F)cccc2s1)C(=O)O. The molecule has 2 aromatic rings. The van der Waals surface area contributed by atoms with Gasteiger partial charge in [-0.3, -0.25) is 4.79 Å². The van der Waals surface area contributed by atoms with Gasteiger partial charge in [0.25, 0.3) is 0 Å². The monoisotopic (exact) mass is 288 g/mol. The van der Waals surface area contributed by atoms with E-state index in [2.05, 4.69) is 0 Å². The topological polar surface area (TPSA) is 37.3 Å². The van der Waals surface area contributed by atoms with E-state index in [4.69, 9.17) is 5.11 Å². The average Bonchev–Trinajstić information content (AvgIpc) is 2.68. The number of carbonyl (C=O) groups is 1. The van der Waals surface area contributed by atoms with Crippen LogP contribution in [0.15, 0.2) is 24.3 Å². The van der Waals surface area contributed by atoms with Gasteiger partial charge in [0, 0.05) is 15.0 Å². The number of alkyl halides is 3. The molecule has 6 heteroatoms. The van der Waals surface area contributed by atoms with Crippen LogP contribution in [0.5, 0.6) is 0 Å². The number of hydrogen-bond acceptors (Lipinski definition) is 2. The van der Waals surface area contributed by atoms with Gasteiger partial charge in [-0.25, -0.2) is 0 Å². The van der Waals surface area contributed by atoms with E-state index in [0.717, 1.165) is 6.07 Å². The number of hydrogen-bond donors (Lipinski definition) is 1. The molecular formula is C13H11F3O2S. The molecule has 0 saturated carbocycles. The molecule has 1 atom stereocenters. The fourth-order valence-electron chi connectivity index (χ4n) is 1.85. The maximum atomic E-state index is 12.8. The molecule has 2 nitrogen and oxygen atoms in total. The van der Waals surface area contributed by atoms with Gasteiger partial charge >= 0.3 is 12.1 Å². The van der Waals surface area contributed by atoms with Gasteiger partial charge in [0.15, 0.2) is 0 Å². The molecule has 0 spiro atoms. The Hall–Kier alpha value is -1.56. The molecule has 1 heterocycles. The zero-order valence-electron chi connectivity index (χ0n) is 9.99. The molecule has 2 rings (SSSR count). The minimum Gasteiger partial charge on any atom is -0.481 e. The molecule has 0 radical (unpaired) electrons. The number of thiophene rings is 1. The van der Waals surface area contributed by atoms with Gasteiger partial charge in [-0.05, 0) is 24.6 Å². The normalized spacial score (nSPS) is 13.7. The van der Waals surface area contributed by atoms with Gasteiger partial charge in [0.2, 0.25) is 0 Å². The Morgan fingerprint density at radius 3 is 2.68 bits per heavy atom. The Morgan fingerprint density at radius 1 is 1.42 bits per heavy atom. The molecule has 0 aliphatic heterocycles. The van der Waals surface area contributed by atoms with E-state index in [0.29, 0.717) is 9.58 Å². The summed E-state index contributed by atoms with van der Waals surface area (Å²) in [7, 11) is 0. The summed E-state index contributed by atoms with van der Waals surface area (Å²) in [5, 5.41) is 8.97. The Morgan fingerprint density at radius 2 is 2.11 bits per heavy atom. The molecule has 0 aliphatic carbocycles. The van der Waals surface area contributed by atoms with Crippen molar-refractivity contribution < 1.29 is 23.1 Å². The number of aliphatic carboxylic acids is 1. The lowest BCUT2D eigenvalue weighted by Crippen LogP contribution is -2.11. The molecule has 0 saturated heterocycles. The fourth-order valence-corrected chi connectivity index (χ4v) is 3.07. The number of carboxylic acid groups (broad SMARTS) is 1. The van der Waals surface area contributed by atoms with Gasteiger partial charge in [-0.2, -0.15) is 13.2 Å². The predicted molar refractivity (Wildman–Crippen MR) is 67.3 cm³/mol. The molecule has 0 aliphatic rings. The van der Waals surface area contributed by atoms with Crippen LogP contribution in [0.2, 0.25) is 0 Å². The third-order valence-electron chi connectivity index (χ3n) is 2.85. The molecule has 102 valence electrons. The molecule has 1 aromatic heterocycles. The highest BCUT2D eigenvalue weighted by Crippen LogP contribution is 2.38. The van der Waals surface area contributed by atoms with Crippen LogP contribution in [0.4, 0.5) is 13.2 Å². The Bertz CT molecular complexity index is 616. The number of rotatable bonds is 3. The fraction of sp³-hybridized carbons (Fsp3) is 0.308. The van der Waals surface area contributed by atoms with Crippen LogP contribution < -0.4 is 0 Å². The summed E-state index contributed by atoms with van der Waals surface area (Å²) >= 11 is 1.21. The van der Waals surface area contributed by atoms with Crippen LogP contribution in [-0.4, -0.2) is 11.1 Å². The Labute approximate surface area is 111 Å². The highest BCUT2D eigenvalue weighted by atomic mass is 32.1. The van der Waals surface area contributed by atoms with Gasteiger partial charge < -0.3 is 5.11 Å². The smallest absolute Gasteiger partial charge is 0.417 e. The summed E-state index contributed by atoms with van der Waals surface area (Å²) in [4.78, 5) is 11.4. The standard InChI is InChI=1S/C13H11F3O2S/c1-7(12(17)18)5-8-6-9-10(13(14,15)16)3-2-4-11(9)19-8/h2-4,6-7H,5H2,1H3,(H,17,18). The van der Waals surface area contributed by atoms with Crippen molar-refractivity contribution in [2.45, 2.75) is 19.5 Å². The van der Waals surface area contributed by atoms with Gasteiger partial charge in [-0.15, -0.1) is 11.3 Å². The lowest BCUT2D eigenvalue weighted by molar-refractivity contribution is -0.141. The lowest BCUT2D eigenvalue weighted by atomic mass is 10.1. The highest BCUT2D eigenvalue weighted by molar-refractivity contribution is 7.19. The van der Waals surface area contributed by atoms with E-state index in [1.54, 1.807) is 6.07 Å². The maximum Gasteiger partial charge on any atom is 0.417 e. The first-order valence-electron chi connectivity index (χ1n) is 5.60. The van der Waals surface area contributed by atoms with Gasteiger partial charge in [-0.1, -0.05) is 13.0 Å². The minimum absolute atomic E-state index is 0.146. The summed E-state index contributed by atoms with van der Waals surface area (Å²) in [5.41, 5.74) is -0.671. The maximum absolute atomic E-state index is 12.8. The third-order valence-corrected chi connectivity index (χ3v) is 3.97. The van der Waals surface area contributed by atoms with Crippen LogP contribution in [0.25, 0.3) is 10.1 Å². The zero-order valence-corrected chi connectivity index (χ0v) is 10.8. The van der Waals surface area contributed by atoms with E-state index >= 15 is 0 Å². The first-order chi connectivity index (χ1) is 8.79. The number of halogens is 3. The predicted octanol–water partition coefficient (Wildman–Crippen LogP) is 4.18. The van der Waals surface area contributed by atoms with Crippen LogP contribution >= 0.6 is 11.3 Å². The minimum atomic E-state index is -4.39. The molecule has 1 aromatic carbocycles. The first kappa shape index (κ1) is 13.9. The van der Waals surface area contributed by atoms with E-state index < -0.39 is 23.6 Å². The molecule has 1 unspecified atom stereocenters. The summed E-state index contributed by atoms with van der Waals surface area (Å²) < 4.78 is 39.0. The van der Waals surface area contributed by atoms with Crippen molar-refractivity contribution in [3.8, 4) is 0 Å².